The zero-order valence-electron chi connectivity index (χ0n) is 14.1. The van der Waals surface area contributed by atoms with Crippen LogP contribution in [0.1, 0.15) is 0 Å². The van der Waals surface area contributed by atoms with Gasteiger partial charge in [-0.3, -0.25) is 0 Å². The number of hydrogen-bond acceptors (Lipinski definition) is 8. The van der Waals surface area contributed by atoms with Gasteiger partial charge in [-0.1, -0.05) is 12.1 Å². The van der Waals surface area contributed by atoms with E-state index in [2.05, 4.69) is 42.4 Å². The van der Waals surface area contributed by atoms with Gasteiger partial charge in [-0.15, -0.1) is 5.10 Å². The van der Waals surface area contributed by atoms with E-state index in [-0.39, 0.29) is 0 Å². The molecule has 1 N–H and O–H groups in total. The van der Waals surface area contributed by atoms with Crippen LogP contribution in [0.25, 0.3) is 0 Å². The van der Waals surface area contributed by atoms with Crippen LogP contribution in [0.3, 0.4) is 0 Å². The molecule has 0 aliphatic carbocycles. The third-order valence-electron chi connectivity index (χ3n) is 4.36. The highest BCUT2D eigenvalue weighted by molar-refractivity contribution is 5.74. The van der Waals surface area contributed by atoms with Gasteiger partial charge in [0.05, 0.1) is 44.0 Å². The summed E-state index contributed by atoms with van der Waals surface area (Å²) in [5.41, 5.74) is 2.16. The first-order chi connectivity index (χ1) is 12.4. The quantitative estimate of drug-likeness (QED) is 0.891. The molecule has 1 aromatic carbocycles. The van der Waals surface area contributed by atoms with Crippen molar-refractivity contribution in [1.82, 2.24) is 15.2 Å². The summed E-state index contributed by atoms with van der Waals surface area (Å²) in [6.07, 6.45) is 1.65. The molecular weight excluding hydrogens is 320 g/mol. The van der Waals surface area contributed by atoms with Crippen molar-refractivity contribution < 1.29 is 9.47 Å². The van der Waals surface area contributed by atoms with Crippen molar-refractivity contribution in [3.63, 3.8) is 0 Å². The second-order valence-electron chi connectivity index (χ2n) is 5.98. The van der Waals surface area contributed by atoms with E-state index in [9.17, 15) is 0 Å². The zero-order valence-corrected chi connectivity index (χ0v) is 14.1. The van der Waals surface area contributed by atoms with Crippen LogP contribution in [-0.4, -0.2) is 67.8 Å². The Hall–Kier alpha value is -2.45. The Morgan fingerprint density at radius 1 is 0.880 bits per heavy atom. The summed E-state index contributed by atoms with van der Waals surface area (Å²) in [4.78, 5) is 9.04. The molecule has 132 valence electrons. The molecule has 0 spiro atoms. The molecule has 2 aliphatic heterocycles. The Morgan fingerprint density at radius 3 is 2.32 bits per heavy atom. The van der Waals surface area contributed by atoms with Crippen LogP contribution >= 0.6 is 0 Å². The van der Waals surface area contributed by atoms with Gasteiger partial charge in [-0.05, 0) is 12.1 Å². The minimum atomic E-state index is 0.636. The van der Waals surface area contributed by atoms with E-state index in [0.29, 0.717) is 25.0 Å². The zero-order chi connectivity index (χ0) is 16.9. The third-order valence-corrected chi connectivity index (χ3v) is 4.36. The smallest absolute Gasteiger partial charge is 0.247 e. The molecule has 0 unspecified atom stereocenters. The Morgan fingerprint density at radius 2 is 1.56 bits per heavy atom. The molecule has 2 aromatic rings. The first-order valence-corrected chi connectivity index (χ1v) is 8.61. The molecular formula is C17H22N6O2. The topological polar surface area (TPSA) is 75.6 Å². The normalized spacial score (nSPS) is 18.2. The average molecular weight is 342 g/mol. The molecule has 8 nitrogen and oxygen atoms in total. The molecule has 8 heteroatoms. The number of anilines is 4. The predicted molar refractivity (Wildman–Crippen MR) is 95.6 cm³/mol. The molecule has 0 atom stereocenters. The summed E-state index contributed by atoms with van der Waals surface area (Å²) in [5.74, 6) is 1.33. The number of benzene rings is 1. The SMILES string of the molecule is c1ccc(N2CCOCC2)c(Nc2cnnc(N3CCOCC3)n2)c1. The van der Waals surface area contributed by atoms with Crippen LogP contribution in [0, 0.1) is 0 Å². The minimum Gasteiger partial charge on any atom is -0.378 e. The highest BCUT2D eigenvalue weighted by Crippen LogP contribution is 2.28. The number of nitrogens with zero attached hydrogens (tertiary/aromatic N) is 5. The van der Waals surface area contributed by atoms with Crippen molar-refractivity contribution in [3.8, 4) is 0 Å². The summed E-state index contributed by atoms with van der Waals surface area (Å²) in [7, 11) is 0. The van der Waals surface area contributed by atoms with E-state index in [4.69, 9.17) is 9.47 Å². The van der Waals surface area contributed by atoms with Crippen LogP contribution in [0.15, 0.2) is 30.5 Å². The van der Waals surface area contributed by atoms with Crippen LogP contribution in [0.5, 0.6) is 0 Å². The lowest BCUT2D eigenvalue weighted by atomic mass is 10.2. The molecule has 3 heterocycles. The molecule has 1 aromatic heterocycles. The lowest BCUT2D eigenvalue weighted by molar-refractivity contribution is 0.122. The molecule has 25 heavy (non-hydrogen) atoms. The Bertz CT molecular complexity index is 701. The summed E-state index contributed by atoms with van der Waals surface area (Å²) in [6.45, 7) is 6.25. The van der Waals surface area contributed by atoms with Gasteiger partial charge in [0.25, 0.3) is 0 Å². The summed E-state index contributed by atoms with van der Waals surface area (Å²) >= 11 is 0. The average Bonchev–Trinajstić information content (AvgIpc) is 2.70. The van der Waals surface area contributed by atoms with Crippen molar-refractivity contribution in [3.05, 3.63) is 30.5 Å². The number of rotatable bonds is 4. The van der Waals surface area contributed by atoms with E-state index in [1.54, 1.807) is 6.20 Å². The maximum atomic E-state index is 5.45. The van der Waals surface area contributed by atoms with Gasteiger partial charge in [-0.25, -0.2) is 0 Å². The number of hydrogen-bond donors (Lipinski definition) is 1. The maximum absolute atomic E-state index is 5.45. The first-order valence-electron chi connectivity index (χ1n) is 8.61. The van der Waals surface area contributed by atoms with Gasteiger partial charge >= 0.3 is 0 Å². The summed E-state index contributed by atoms with van der Waals surface area (Å²) < 4.78 is 10.8. The van der Waals surface area contributed by atoms with Gasteiger partial charge in [-0.2, -0.15) is 10.1 Å². The number of nitrogens with one attached hydrogen (secondary N) is 1. The third kappa shape index (κ3) is 3.80. The van der Waals surface area contributed by atoms with Gasteiger partial charge in [0, 0.05) is 26.2 Å². The van der Waals surface area contributed by atoms with E-state index in [1.807, 2.05) is 12.1 Å². The van der Waals surface area contributed by atoms with E-state index >= 15 is 0 Å². The van der Waals surface area contributed by atoms with Crippen LogP contribution < -0.4 is 15.1 Å². The lowest BCUT2D eigenvalue weighted by Gasteiger charge is -2.30. The van der Waals surface area contributed by atoms with Gasteiger partial charge < -0.3 is 24.6 Å². The van der Waals surface area contributed by atoms with Crippen molar-refractivity contribution in [1.29, 1.82) is 0 Å². The lowest BCUT2D eigenvalue weighted by Crippen LogP contribution is -2.37. The molecule has 0 saturated carbocycles. The van der Waals surface area contributed by atoms with Gasteiger partial charge in [0.1, 0.15) is 0 Å². The molecule has 2 aliphatic rings. The monoisotopic (exact) mass is 342 g/mol. The van der Waals surface area contributed by atoms with Crippen molar-refractivity contribution in [2.45, 2.75) is 0 Å². The second-order valence-corrected chi connectivity index (χ2v) is 5.98. The molecule has 0 amide bonds. The van der Waals surface area contributed by atoms with E-state index in [1.165, 1.54) is 0 Å². The molecule has 4 rings (SSSR count). The van der Waals surface area contributed by atoms with Gasteiger partial charge in [0.15, 0.2) is 5.82 Å². The summed E-state index contributed by atoms with van der Waals surface area (Å²) in [5, 5.41) is 11.7. The fraction of sp³-hybridized carbons (Fsp3) is 0.471. The highest BCUT2D eigenvalue weighted by Gasteiger charge is 2.17. The molecule has 2 saturated heterocycles. The predicted octanol–water partition coefficient (Wildman–Crippen LogP) is 1.29. The molecule has 0 radical (unpaired) electrons. The largest absolute Gasteiger partial charge is 0.378 e. The van der Waals surface area contributed by atoms with Crippen LogP contribution in [0.2, 0.25) is 0 Å². The van der Waals surface area contributed by atoms with E-state index in [0.717, 1.165) is 50.8 Å². The highest BCUT2D eigenvalue weighted by atomic mass is 16.5. The fourth-order valence-electron chi connectivity index (χ4n) is 3.05. The number of ether oxygens (including phenoxy) is 2. The van der Waals surface area contributed by atoms with Crippen molar-refractivity contribution in [2.24, 2.45) is 0 Å². The standard InChI is InChI=1S/C17H22N6O2/c1-2-4-15(22-5-9-24-10-6-22)14(3-1)19-16-13-18-21-17(20-16)23-7-11-25-12-8-23/h1-4,13H,5-12H2,(H,19,20,21). The summed E-state index contributed by atoms with van der Waals surface area (Å²) in [6, 6.07) is 8.24. The fourth-order valence-corrected chi connectivity index (χ4v) is 3.05. The van der Waals surface area contributed by atoms with Crippen molar-refractivity contribution in [2.75, 3.05) is 67.7 Å². The first kappa shape index (κ1) is 16.0. The Balaban J connectivity index is 1.54. The maximum Gasteiger partial charge on any atom is 0.247 e. The molecule has 2 fully saturated rings. The van der Waals surface area contributed by atoms with Crippen LogP contribution in [-0.2, 0) is 9.47 Å². The number of morpholine rings is 2. The van der Waals surface area contributed by atoms with Crippen LogP contribution in [0.4, 0.5) is 23.1 Å². The van der Waals surface area contributed by atoms with Crippen molar-refractivity contribution >= 4 is 23.1 Å². The second kappa shape index (κ2) is 7.62. The minimum absolute atomic E-state index is 0.636. The van der Waals surface area contributed by atoms with Gasteiger partial charge in [0.2, 0.25) is 5.95 Å². The number of aromatic nitrogens is 3. The Kier molecular flexibility index (Phi) is 4.89. The van der Waals surface area contributed by atoms with E-state index < -0.39 is 0 Å². The number of para-hydroxylation sites is 2. The molecule has 0 bridgehead atoms. The Labute approximate surface area is 146 Å².